The minimum Gasteiger partial charge on any atom is -0.497 e. The summed E-state index contributed by atoms with van der Waals surface area (Å²) in [5, 5.41) is 13.7. The van der Waals surface area contributed by atoms with Gasteiger partial charge in [0.2, 0.25) is 0 Å². The van der Waals surface area contributed by atoms with Gasteiger partial charge in [0.05, 0.1) is 24.8 Å². The van der Waals surface area contributed by atoms with Crippen LogP contribution in [0.4, 0.5) is 21.9 Å². The summed E-state index contributed by atoms with van der Waals surface area (Å²) < 4.78 is 10.3. The zero-order valence-corrected chi connectivity index (χ0v) is 14.5. The van der Waals surface area contributed by atoms with E-state index in [1.165, 1.54) is 20.3 Å². The first-order valence-corrected chi connectivity index (χ1v) is 7.87. The van der Waals surface area contributed by atoms with Crippen LogP contribution in [0.25, 0.3) is 0 Å². The molecule has 2 aromatic rings. The van der Waals surface area contributed by atoms with Gasteiger partial charge in [-0.1, -0.05) is 12.1 Å². The number of rotatable bonds is 6. The van der Waals surface area contributed by atoms with Crippen LogP contribution in [0.15, 0.2) is 36.4 Å². The van der Waals surface area contributed by atoms with E-state index in [1.54, 1.807) is 30.3 Å². The van der Waals surface area contributed by atoms with Crippen LogP contribution in [-0.4, -0.2) is 25.2 Å². The van der Waals surface area contributed by atoms with Gasteiger partial charge >= 0.3 is 6.03 Å². The average molecular weight is 374 g/mol. The summed E-state index contributed by atoms with van der Waals surface area (Å²) in [5.41, 5.74) is 12.2. The number of nitrogens with one attached hydrogen (secondary N) is 5. The number of nitro groups is 1. The molecule has 2 amide bonds. The number of hydrogen-bond donors (Lipinski definition) is 5. The van der Waals surface area contributed by atoms with Crippen molar-refractivity contribution in [3.05, 3.63) is 52.1 Å². The summed E-state index contributed by atoms with van der Waals surface area (Å²) in [6.45, 7) is 0. The van der Waals surface area contributed by atoms with Gasteiger partial charge in [-0.25, -0.2) is 15.6 Å². The Kier molecular flexibility index (Phi) is 5.24. The van der Waals surface area contributed by atoms with Crippen LogP contribution >= 0.6 is 0 Å². The molecule has 0 spiro atoms. The van der Waals surface area contributed by atoms with Gasteiger partial charge < -0.3 is 20.2 Å². The molecule has 0 aliphatic carbocycles. The maximum absolute atomic E-state index is 12.2. The highest BCUT2D eigenvalue weighted by Gasteiger charge is 2.28. The largest absolute Gasteiger partial charge is 0.497 e. The topological polar surface area (TPSA) is 139 Å². The van der Waals surface area contributed by atoms with E-state index in [4.69, 9.17) is 9.47 Å². The molecule has 3 rings (SSSR count). The number of anilines is 2. The molecular weight excluding hydrogens is 356 g/mol. The van der Waals surface area contributed by atoms with Crippen LogP contribution in [0.2, 0.25) is 0 Å². The smallest absolute Gasteiger partial charge is 0.333 e. The summed E-state index contributed by atoms with van der Waals surface area (Å²) in [5.74, 6) is 1.03. The third-order valence-corrected chi connectivity index (χ3v) is 3.91. The fraction of sp³-hybridized carbons (Fsp3) is 0.188. The number of carbonyl (C=O) groups is 1. The predicted octanol–water partition coefficient (Wildman–Crippen LogP) is 1.87. The van der Waals surface area contributed by atoms with Gasteiger partial charge in [0.15, 0.2) is 0 Å². The fourth-order valence-corrected chi connectivity index (χ4v) is 2.62. The number of hydrogen-bond acceptors (Lipinski definition) is 8. The molecule has 0 aromatic heterocycles. The van der Waals surface area contributed by atoms with Gasteiger partial charge in [0.25, 0.3) is 5.69 Å². The first-order valence-electron chi connectivity index (χ1n) is 7.87. The van der Waals surface area contributed by atoms with Crippen molar-refractivity contribution >= 4 is 23.1 Å². The zero-order chi connectivity index (χ0) is 19.4. The molecule has 0 fully saturated rings. The van der Waals surface area contributed by atoms with Crippen LogP contribution < -0.4 is 36.5 Å². The number of amides is 2. The number of fused-ring (bicyclic) bond motifs is 1. The predicted molar refractivity (Wildman–Crippen MR) is 97.4 cm³/mol. The maximum atomic E-state index is 12.2. The summed E-state index contributed by atoms with van der Waals surface area (Å²) in [6, 6.07) is 9.10. The van der Waals surface area contributed by atoms with Crippen molar-refractivity contribution in [2.24, 2.45) is 0 Å². The number of hydrazine groups is 2. The van der Waals surface area contributed by atoms with Crippen molar-refractivity contribution < 1.29 is 19.2 Å². The van der Waals surface area contributed by atoms with E-state index in [0.29, 0.717) is 28.4 Å². The first kappa shape index (κ1) is 18.2. The first-order chi connectivity index (χ1) is 13.0. The lowest BCUT2D eigenvalue weighted by atomic mass is 10.1. The number of methoxy groups -OCH3 is 2. The van der Waals surface area contributed by atoms with Gasteiger partial charge in [-0.3, -0.25) is 15.5 Å². The fourth-order valence-electron chi connectivity index (χ4n) is 2.62. The Hall–Kier alpha value is -3.57. The molecule has 142 valence electrons. The summed E-state index contributed by atoms with van der Waals surface area (Å²) >= 11 is 0. The minimum absolute atomic E-state index is 0.0586. The number of ether oxygens (including phenoxy) is 2. The second kappa shape index (κ2) is 7.76. The molecular formula is C16H18N6O5. The maximum Gasteiger partial charge on any atom is 0.333 e. The van der Waals surface area contributed by atoms with Gasteiger partial charge in [0.1, 0.15) is 23.4 Å². The number of nitro benzene ring substituents is 1. The second-order valence-corrected chi connectivity index (χ2v) is 5.49. The molecule has 1 aliphatic heterocycles. The van der Waals surface area contributed by atoms with Crippen LogP contribution in [0.3, 0.4) is 0 Å². The Morgan fingerprint density at radius 1 is 1.22 bits per heavy atom. The normalized spacial score (nSPS) is 14.7. The highest BCUT2D eigenvalue weighted by atomic mass is 16.6. The summed E-state index contributed by atoms with van der Waals surface area (Å²) in [6.07, 6.45) is -0.552. The number of benzene rings is 2. The van der Waals surface area contributed by atoms with Crippen molar-refractivity contribution in [3.8, 4) is 11.5 Å². The van der Waals surface area contributed by atoms with Gasteiger partial charge in [0, 0.05) is 17.7 Å². The van der Waals surface area contributed by atoms with Gasteiger partial charge in [-0.05, 0) is 12.1 Å². The van der Waals surface area contributed by atoms with Gasteiger partial charge in [-0.15, -0.1) is 0 Å². The van der Waals surface area contributed by atoms with Gasteiger partial charge in [-0.2, -0.15) is 0 Å². The quantitative estimate of drug-likeness (QED) is 0.381. The lowest BCUT2D eigenvalue weighted by Gasteiger charge is -2.16. The van der Waals surface area contributed by atoms with E-state index in [0.717, 1.165) is 0 Å². The average Bonchev–Trinajstić information content (AvgIpc) is 3.09. The molecule has 1 aliphatic rings. The third-order valence-electron chi connectivity index (χ3n) is 3.91. The minimum atomic E-state index is -0.552. The molecule has 11 heteroatoms. The third kappa shape index (κ3) is 3.83. The molecule has 0 saturated heterocycles. The summed E-state index contributed by atoms with van der Waals surface area (Å²) in [4.78, 5) is 22.7. The Morgan fingerprint density at radius 3 is 2.74 bits per heavy atom. The molecule has 11 nitrogen and oxygen atoms in total. The SMILES string of the molecule is COc1ccc(NC(=O)NNC2NNc3c2cccc3[N+](=O)[O-])c(OC)c1. The van der Waals surface area contributed by atoms with Crippen LogP contribution in [0.1, 0.15) is 11.7 Å². The number of urea groups is 1. The molecule has 2 aromatic carbocycles. The molecule has 5 N–H and O–H groups in total. The summed E-state index contributed by atoms with van der Waals surface area (Å²) in [7, 11) is 3.01. The molecule has 1 unspecified atom stereocenters. The highest BCUT2D eigenvalue weighted by Crippen LogP contribution is 2.34. The Balaban J connectivity index is 1.63. The van der Waals surface area contributed by atoms with Crippen molar-refractivity contribution in [2.75, 3.05) is 25.0 Å². The molecule has 27 heavy (non-hydrogen) atoms. The van der Waals surface area contributed by atoms with Crippen LogP contribution in [0.5, 0.6) is 11.5 Å². The van der Waals surface area contributed by atoms with Crippen LogP contribution in [-0.2, 0) is 0 Å². The lowest BCUT2D eigenvalue weighted by Crippen LogP contribution is -2.46. The Morgan fingerprint density at radius 2 is 2.04 bits per heavy atom. The molecule has 1 atom stereocenters. The molecule has 0 saturated carbocycles. The highest BCUT2D eigenvalue weighted by molar-refractivity contribution is 5.90. The van der Waals surface area contributed by atoms with Crippen molar-refractivity contribution in [2.45, 2.75) is 6.17 Å². The molecule has 1 heterocycles. The number of para-hydroxylation sites is 1. The second-order valence-electron chi connectivity index (χ2n) is 5.49. The lowest BCUT2D eigenvalue weighted by molar-refractivity contribution is -0.384. The van der Waals surface area contributed by atoms with E-state index >= 15 is 0 Å². The van der Waals surface area contributed by atoms with Crippen molar-refractivity contribution in [1.29, 1.82) is 0 Å². The molecule has 0 radical (unpaired) electrons. The van der Waals surface area contributed by atoms with E-state index in [1.807, 2.05) is 0 Å². The standard InChI is InChI=1S/C16H18N6O5/c1-26-9-6-7-11(13(8-9)27-2)17-16(23)21-20-15-10-4-3-5-12(22(24)25)14(10)18-19-15/h3-8,15,18-20H,1-2H3,(H2,17,21,23). The van der Waals surface area contributed by atoms with Crippen LogP contribution in [0, 0.1) is 10.1 Å². The monoisotopic (exact) mass is 374 g/mol. The van der Waals surface area contributed by atoms with E-state index in [2.05, 4.69) is 27.0 Å². The van der Waals surface area contributed by atoms with E-state index < -0.39 is 17.1 Å². The number of nitrogens with zero attached hydrogens (tertiary/aromatic N) is 1. The van der Waals surface area contributed by atoms with Crippen molar-refractivity contribution in [3.63, 3.8) is 0 Å². The van der Waals surface area contributed by atoms with E-state index in [9.17, 15) is 14.9 Å². The Bertz CT molecular complexity index is 874. The van der Waals surface area contributed by atoms with Crippen molar-refractivity contribution in [1.82, 2.24) is 16.3 Å². The van der Waals surface area contributed by atoms with E-state index in [-0.39, 0.29) is 5.69 Å². The molecule has 0 bridgehead atoms. The number of carbonyl (C=O) groups excluding carboxylic acids is 1. The zero-order valence-electron chi connectivity index (χ0n) is 14.5. The Labute approximate surface area is 154 Å².